The zero-order valence-electron chi connectivity index (χ0n) is 13.5. The third-order valence-corrected chi connectivity index (χ3v) is 4.43. The van der Waals surface area contributed by atoms with E-state index in [4.69, 9.17) is 16.0 Å². The first-order chi connectivity index (χ1) is 11.5. The smallest absolute Gasteiger partial charge is 0.349 e. The molecule has 2 unspecified atom stereocenters. The van der Waals surface area contributed by atoms with E-state index in [-0.39, 0.29) is 18.8 Å². The lowest BCUT2D eigenvalue weighted by molar-refractivity contribution is -0.321. The fraction of sp³-hybridized carbons (Fsp3) is 0.615. The largest absolute Gasteiger partial charge is 0.481 e. The average Bonchev–Trinajstić information content (AvgIpc) is 2.93. The molecule has 0 aromatic carbocycles. The zero-order valence-corrected chi connectivity index (χ0v) is 13.5. The van der Waals surface area contributed by atoms with Gasteiger partial charge in [0, 0.05) is 17.5 Å². The first kappa shape index (κ1) is 18.7. The maximum absolute atomic E-state index is 11.9. The Bertz CT molecular complexity index is 798. The minimum Gasteiger partial charge on any atom is -0.481 e. The number of aliphatic carboxylic acids is 1. The summed E-state index contributed by atoms with van der Waals surface area (Å²) in [6.45, 7) is 1.87. The second-order valence-electron chi connectivity index (χ2n) is 6.29. The molecule has 0 radical (unpaired) electrons. The van der Waals surface area contributed by atoms with E-state index < -0.39 is 34.6 Å². The van der Waals surface area contributed by atoms with Crippen molar-refractivity contribution in [3.8, 4) is 0 Å². The molecule has 12 nitrogen and oxygen atoms in total. The molecule has 1 aliphatic heterocycles. The summed E-state index contributed by atoms with van der Waals surface area (Å²) < 4.78 is 6.47. The van der Waals surface area contributed by atoms with Gasteiger partial charge in [-0.25, -0.2) is 4.79 Å². The van der Waals surface area contributed by atoms with E-state index in [1.807, 2.05) is 0 Å². The van der Waals surface area contributed by atoms with E-state index in [1.54, 1.807) is 0 Å². The summed E-state index contributed by atoms with van der Waals surface area (Å²) in [4.78, 5) is 29.5. The molecule has 0 saturated carbocycles. The van der Waals surface area contributed by atoms with Crippen LogP contribution in [-0.2, 0) is 9.53 Å². The zero-order chi connectivity index (χ0) is 19.0. The lowest BCUT2D eigenvalue weighted by Crippen LogP contribution is -2.63. The summed E-state index contributed by atoms with van der Waals surface area (Å²) in [5, 5.41) is 33.7. The predicted molar refractivity (Wildman–Crippen MR) is 83.0 cm³/mol. The quantitative estimate of drug-likeness (QED) is 0.236. The Kier molecular flexibility index (Phi) is 4.49. The molecule has 1 fully saturated rings. The molecule has 2 heterocycles. The van der Waals surface area contributed by atoms with Crippen LogP contribution in [0.3, 0.4) is 0 Å². The number of nitrogen functional groups attached to an aromatic ring is 1. The Labute approximate surface area is 141 Å². The molecule has 1 aromatic heterocycles. The number of azide groups is 1. The second kappa shape index (κ2) is 6.01. The molecule has 1 aliphatic rings. The highest BCUT2D eigenvalue weighted by atomic mass is 16.6. The topological polar surface area (TPSA) is 197 Å². The highest BCUT2D eigenvalue weighted by Gasteiger charge is 2.65. The standard InChI is InChI=1S/C13H18N6O6/c1-11(2,9(20)21)13(23,24)12(17-18-15)5-7(6-25-12)19-4-3-8(14)16-10(19)22/h3-4,7,23-24H,5-6H2,1-2H3,(H,20,21)(H2,14,16,22). The number of carboxylic acids is 1. The highest BCUT2D eigenvalue weighted by Crippen LogP contribution is 2.48. The minimum absolute atomic E-state index is 0.00662. The number of anilines is 1. The second-order valence-corrected chi connectivity index (χ2v) is 6.29. The summed E-state index contributed by atoms with van der Waals surface area (Å²) in [7, 11) is 0. The number of ether oxygens (including phenoxy) is 1. The van der Waals surface area contributed by atoms with Crippen molar-refractivity contribution in [3.05, 3.63) is 33.2 Å². The van der Waals surface area contributed by atoms with Gasteiger partial charge in [-0.05, 0) is 25.4 Å². The van der Waals surface area contributed by atoms with Crippen LogP contribution < -0.4 is 11.4 Å². The summed E-state index contributed by atoms with van der Waals surface area (Å²) in [5.74, 6) is -4.59. The first-order valence-corrected chi connectivity index (χ1v) is 7.21. The number of aromatic nitrogens is 2. The Morgan fingerprint density at radius 3 is 2.76 bits per heavy atom. The van der Waals surface area contributed by atoms with Crippen LogP contribution >= 0.6 is 0 Å². The average molecular weight is 354 g/mol. The van der Waals surface area contributed by atoms with E-state index in [0.717, 1.165) is 18.4 Å². The number of rotatable bonds is 5. The summed E-state index contributed by atoms with van der Waals surface area (Å²) >= 11 is 0. The van der Waals surface area contributed by atoms with E-state index in [9.17, 15) is 24.9 Å². The molecule has 0 spiro atoms. The van der Waals surface area contributed by atoms with Gasteiger partial charge in [0.2, 0.25) is 11.5 Å². The Morgan fingerprint density at radius 1 is 1.60 bits per heavy atom. The van der Waals surface area contributed by atoms with Crippen molar-refractivity contribution < 1.29 is 24.9 Å². The van der Waals surface area contributed by atoms with E-state index in [0.29, 0.717) is 0 Å². The lowest BCUT2D eigenvalue weighted by atomic mass is 9.76. The van der Waals surface area contributed by atoms with Gasteiger partial charge < -0.3 is 25.8 Å². The van der Waals surface area contributed by atoms with Gasteiger partial charge in [0.25, 0.3) is 0 Å². The van der Waals surface area contributed by atoms with Gasteiger partial charge in [-0.2, -0.15) is 4.98 Å². The number of carbonyl (C=O) groups is 1. The highest BCUT2D eigenvalue weighted by molar-refractivity contribution is 5.75. The maximum Gasteiger partial charge on any atom is 0.349 e. The molecular weight excluding hydrogens is 336 g/mol. The summed E-state index contributed by atoms with van der Waals surface area (Å²) in [6.07, 6.45) is 0.982. The van der Waals surface area contributed by atoms with Crippen LogP contribution in [0.25, 0.3) is 10.4 Å². The molecule has 2 rings (SSSR count). The van der Waals surface area contributed by atoms with E-state index in [1.165, 1.54) is 12.3 Å². The van der Waals surface area contributed by atoms with Crippen LogP contribution in [0.5, 0.6) is 0 Å². The van der Waals surface area contributed by atoms with Gasteiger partial charge in [-0.1, -0.05) is 5.11 Å². The summed E-state index contributed by atoms with van der Waals surface area (Å²) in [6, 6.07) is 0.593. The molecule has 12 heteroatoms. The Morgan fingerprint density at radius 2 is 2.24 bits per heavy atom. The van der Waals surface area contributed by atoms with Gasteiger partial charge in [-0.15, -0.1) is 0 Å². The van der Waals surface area contributed by atoms with Gasteiger partial charge >= 0.3 is 11.7 Å². The van der Waals surface area contributed by atoms with Crippen LogP contribution in [0.4, 0.5) is 5.82 Å². The molecule has 0 amide bonds. The minimum atomic E-state index is -3.06. The molecular formula is C13H18N6O6. The molecule has 136 valence electrons. The monoisotopic (exact) mass is 354 g/mol. The van der Waals surface area contributed by atoms with Crippen molar-refractivity contribution in [2.75, 3.05) is 12.3 Å². The van der Waals surface area contributed by atoms with Crippen LogP contribution in [0.15, 0.2) is 22.2 Å². The Balaban J connectivity index is 2.48. The molecule has 25 heavy (non-hydrogen) atoms. The van der Waals surface area contributed by atoms with E-state index in [2.05, 4.69) is 15.0 Å². The number of nitrogens with zero attached hydrogens (tertiary/aromatic N) is 5. The van der Waals surface area contributed by atoms with Crippen molar-refractivity contribution in [1.29, 1.82) is 0 Å². The number of nitrogens with two attached hydrogens (primary N) is 1. The molecule has 1 saturated heterocycles. The van der Waals surface area contributed by atoms with E-state index >= 15 is 0 Å². The van der Waals surface area contributed by atoms with Gasteiger partial charge in [0.1, 0.15) is 11.2 Å². The Hall–Kier alpha value is -2.66. The molecule has 0 aliphatic carbocycles. The van der Waals surface area contributed by atoms with Gasteiger partial charge in [-0.3, -0.25) is 9.36 Å². The summed E-state index contributed by atoms with van der Waals surface area (Å²) in [5.41, 5.74) is 9.08. The van der Waals surface area contributed by atoms with Crippen molar-refractivity contribution >= 4 is 11.8 Å². The number of carboxylic acid groups (broad SMARTS) is 1. The molecule has 2 atom stereocenters. The third-order valence-electron chi connectivity index (χ3n) is 4.43. The molecule has 0 bridgehead atoms. The van der Waals surface area contributed by atoms with Crippen molar-refractivity contribution in [3.63, 3.8) is 0 Å². The predicted octanol–water partition coefficient (Wildman–Crippen LogP) is -0.415. The molecule has 1 aromatic rings. The maximum atomic E-state index is 11.9. The SMILES string of the molecule is CC(C)(C(=O)O)C(O)(O)C1(N=[N+]=[N-])CC(n2ccc(N)nc2=O)CO1. The van der Waals surface area contributed by atoms with Crippen molar-refractivity contribution in [2.24, 2.45) is 10.5 Å². The van der Waals surface area contributed by atoms with Gasteiger partial charge in [0.05, 0.1) is 12.6 Å². The van der Waals surface area contributed by atoms with Gasteiger partial charge in [0.15, 0.2) is 0 Å². The number of aliphatic hydroxyl groups is 2. The fourth-order valence-electron chi connectivity index (χ4n) is 2.65. The van der Waals surface area contributed by atoms with Crippen LogP contribution in [0.1, 0.15) is 26.3 Å². The normalized spacial score (nSPS) is 23.9. The van der Waals surface area contributed by atoms with Crippen LogP contribution in [-0.4, -0.2) is 49.0 Å². The number of hydrogen-bond donors (Lipinski definition) is 4. The molecule has 5 N–H and O–H groups in total. The van der Waals surface area contributed by atoms with Crippen molar-refractivity contribution in [1.82, 2.24) is 9.55 Å². The van der Waals surface area contributed by atoms with Crippen molar-refractivity contribution in [2.45, 2.75) is 37.8 Å². The lowest BCUT2D eigenvalue weighted by Gasteiger charge is -2.44. The third kappa shape index (κ3) is 2.81. The van der Waals surface area contributed by atoms with Crippen LogP contribution in [0.2, 0.25) is 0 Å². The van der Waals surface area contributed by atoms with Crippen LogP contribution in [0, 0.1) is 5.41 Å². The first-order valence-electron chi connectivity index (χ1n) is 7.21. The number of hydrogen-bond acceptors (Lipinski definition) is 8. The fourth-order valence-corrected chi connectivity index (χ4v) is 2.65.